The van der Waals surface area contributed by atoms with E-state index < -0.39 is 0 Å². The summed E-state index contributed by atoms with van der Waals surface area (Å²) in [6.07, 6.45) is 4.52. The van der Waals surface area contributed by atoms with Crippen LogP contribution in [0.25, 0.3) is 111 Å². The Bertz CT molecular complexity index is 3710. The van der Waals surface area contributed by atoms with Crippen LogP contribution in [0.15, 0.2) is 297 Å². The third kappa shape index (κ3) is 10.6. The van der Waals surface area contributed by atoms with Gasteiger partial charge >= 0.3 is 0 Å². The predicted molar refractivity (Wildman–Crippen MR) is 329 cm³/mol. The van der Waals surface area contributed by atoms with Gasteiger partial charge in [0.1, 0.15) is 0 Å². The molecule has 0 saturated heterocycles. The van der Waals surface area contributed by atoms with Gasteiger partial charge in [-0.2, -0.15) is 0 Å². The quantitative estimate of drug-likeness (QED) is 0.119. The lowest BCUT2D eigenvalue weighted by Crippen LogP contribution is -2.13. The monoisotopic (exact) mass is 997 g/mol. The third-order valence-electron chi connectivity index (χ3n) is 16.2. The van der Waals surface area contributed by atoms with Gasteiger partial charge in [0, 0.05) is 17.2 Å². The van der Waals surface area contributed by atoms with Crippen LogP contribution < -0.4 is 0 Å². The number of hydrogen-bond donors (Lipinski definition) is 0. The first-order valence-corrected chi connectivity index (χ1v) is 27.6. The van der Waals surface area contributed by atoms with Gasteiger partial charge in [-0.25, -0.2) is 0 Å². The molecule has 0 atom stereocenters. The van der Waals surface area contributed by atoms with E-state index in [1.54, 1.807) is 0 Å². The summed E-state index contributed by atoms with van der Waals surface area (Å²) >= 11 is 0. The lowest BCUT2D eigenvalue weighted by Gasteiger charge is -2.29. The van der Waals surface area contributed by atoms with E-state index in [2.05, 4.69) is 297 Å². The second kappa shape index (κ2) is 22.0. The molecule has 12 aromatic rings. The maximum atomic E-state index is 5.51. The highest BCUT2D eigenvalue weighted by Gasteiger charge is 2.26. The summed E-state index contributed by atoms with van der Waals surface area (Å²) in [6, 6.07) is 109. The summed E-state index contributed by atoms with van der Waals surface area (Å²) in [4.78, 5) is 5.51. The van der Waals surface area contributed by atoms with Crippen molar-refractivity contribution in [3.63, 3.8) is 0 Å². The van der Waals surface area contributed by atoms with Gasteiger partial charge in [0.15, 0.2) is 0 Å². The van der Waals surface area contributed by atoms with Crippen LogP contribution >= 0.6 is 0 Å². The molecule has 1 heterocycles. The van der Waals surface area contributed by atoms with E-state index in [-0.39, 0.29) is 0 Å². The molecule has 1 fully saturated rings. The molecular formula is C77H59N. The summed E-state index contributed by atoms with van der Waals surface area (Å²) in [5.41, 5.74) is 26.8. The molecule has 1 aliphatic rings. The number of rotatable bonds is 12. The number of benzene rings is 11. The summed E-state index contributed by atoms with van der Waals surface area (Å²) < 4.78 is 0. The second-order valence-electron chi connectivity index (χ2n) is 21.0. The Morgan fingerprint density at radius 3 is 0.692 bits per heavy atom. The molecule has 0 N–H and O–H groups in total. The minimum atomic E-state index is 0.391. The predicted octanol–water partition coefficient (Wildman–Crippen LogP) is 21.2. The van der Waals surface area contributed by atoms with Crippen molar-refractivity contribution < 1.29 is 0 Å². The molecule has 13 rings (SSSR count). The lowest BCUT2D eigenvalue weighted by atomic mass is 9.77. The number of pyridine rings is 1. The topological polar surface area (TPSA) is 12.9 Å². The molecule has 78 heavy (non-hydrogen) atoms. The molecule has 0 amide bonds. The summed E-state index contributed by atoms with van der Waals surface area (Å²) in [7, 11) is 0. The van der Waals surface area contributed by atoms with Crippen LogP contribution in [0.5, 0.6) is 0 Å². The van der Waals surface area contributed by atoms with Crippen molar-refractivity contribution in [1.29, 1.82) is 0 Å². The molecule has 0 spiro atoms. The van der Waals surface area contributed by atoms with E-state index in [4.69, 9.17) is 4.98 Å². The first kappa shape index (κ1) is 48.2. The Morgan fingerprint density at radius 1 is 0.192 bits per heavy atom. The fraction of sp³-hybridized carbons (Fsp3) is 0.0779. The highest BCUT2D eigenvalue weighted by atomic mass is 14.7. The molecule has 0 radical (unpaired) electrons. The first-order chi connectivity index (χ1) is 38.6. The molecule has 1 saturated carbocycles. The Hall–Kier alpha value is -9.43. The number of nitrogens with zero attached hydrogens (tertiary/aromatic N) is 1. The van der Waals surface area contributed by atoms with Gasteiger partial charge in [-0.05, 0) is 149 Å². The highest BCUT2D eigenvalue weighted by molar-refractivity contribution is 5.79. The molecule has 11 aromatic carbocycles. The van der Waals surface area contributed by atoms with Gasteiger partial charge in [0.25, 0.3) is 0 Å². The van der Waals surface area contributed by atoms with E-state index in [0.29, 0.717) is 11.8 Å². The van der Waals surface area contributed by atoms with Crippen molar-refractivity contribution in [2.75, 3.05) is 0 Å². The van der Waals surface area contributed by atoms with E-state index in [0.717, 1.165) is 36.9 Å². The zero-order valence-corrected chi connectivity index (χ0v) is 43.7. The third-order valence-corrected chi connectivity index (χ3v) is 16.2. The molecule has 0 unspecified atom stereocenters. The first-order valence-electron chi connectivity index (χ1n) is 27.6. The van der Waals surface area contributed by atoms with Crippen molar-refractivity contribution >= 4 is 0 Å². The fourth-order valence-electron chi connectivity index (χ4n) is 11.6. The number of hydrogen-bond acceptors (Lipinski definition) is 1. The van der Waals surface area contributed by atoms with Gasteiger partial charge in [0.2, 0.25) is 0 Å². The molecule has 1 aromatic heterocycles. The highest BCUT2D eigenvalue weighted by Crippen LogP contribution is 2.43. The molecule has 372 valence electrons. The van der Waals surface area contributed by atoms with Crippen LogP contribution in [0.3, 0.4) is 0 Å². The van der Waals surface area contributed by atoms with Crippen molar-refractivity contribution in [3.8, 4) is 111 Å². The lowest BCUT2D eigenvalue weighted by molar-refractivity contribution is 0.391. The average Bonchev–Trinajstić information content (AvgIpc) is 3.55. The van der Waals surface area contributed by atoms with E-state index in [1.165, 1.54) is 111 Å². The summed E-state index contributed by atoms with van der Waals surface area (Å²) in [5, 5.41) is 0. The maximum absolute atomic E-state index is 5.51. The molecule has 0 bridgehead atoms. The Balaban J connectivity index is 0.736. The van der Waals surface area contributed by atoms with Crippen LogP contribution in [-0.2, 0) is 0 Å². The van der Waals surface area contributed by atoms with Gasteiger partial charge in [-0.3, -0.25) is 4.98 Å². The van der Waals surface area contributed by atoms with Crippen LogP contribution in [0.2, 0.25) is 0 Å². The average molecular weight is 998 g/mol. The van der Waals surface area contributed by atoms with Crippen molar-refractivity contribution in [2.24, 2.45) is 0 Å². The maximum Gasteiger partial charge on any atom is 0.0711 e. The van der Waals surface area contributed by atoms with E-state index in [9.17, 15) is 0 Å². The smallest absolute Gasteiger partial charge is 0.0711 e. The summed E-state index contributed by atoms with van der Waals surface area (Å²) in [5.74, 6) is 0.934. The fourth-order valence-corrected chi connectivity index (χ4v) is 11.6. The van der Waals surface area contributed by atoms with Crippen molar-refractivity contribution in [1.82, 2.24) is 4.98 Å². The largest absolute Gasteiger partial charge is 0.253 e. The van der Waals surface area contributed by atoms with Crippen LogP contribution in [0, 0.1) is 0 Å². The molecule has 1 heteroatoms. The zero-order chi connectivity index (χ0) is 52.0. The van der Waals surface area contributed by atoms with Gasteiger partial charge in [0.05, 0.1) is 5.69 Å². The van der Waals surface area contributed by atoms with Crippen molar-refractivity contribution in [3.05, 3.63) is 309 Å². The number of aromatic nitrogens is 1. The minimum Gasteiger partial charge on any atom is -0.253 e. The molecule has 1 nitrogen and oxygen atoms in total. The van der Waals surface area contributed by atoms with E-state index >= 15 is 0 Å². The molecule has 1 aliphatic carbocycles. The van der Waals surface area contributed by atoms with Crippen LogP contribution in [0.4, 0.5) is 0 Å². The summed E-state index contributed by atoms with van der Waals surface area (Å²) in [6.45, 7) is 0. The van der Waals surface area contributed by atoms with Gasteiger partial charge in [-0.1, -0.05) is 285 Å². The normalized spacial score (nSPS) is 14.2. The van der Waals surface area contributed by atoms with Crippen LogP contribution in [-0.4, -0.2) is 4.98 Å². The zero-order valence-electron chi connectivity index (χ0n) is 43.7. The van der Waals surface area contributed by atoms with Gasteiger partial charge < -0.3 is 0 Å². The van der Waals surface area contributed by atoms with Crippen LogP contribution in [0.1, 0.15) is 48.8 Å². The minimum absolute atomic E-state index is 0.391. The Kier molecular flexibility index (Phi) is 13.6. The Labute approximate surface area is 459 Å². The van der Waals surface area contributed by atoms with Gasteiger partial charge in [-0.15, -0.1) is 0 Å². The standard InChI is InChI=1S/C77H59N/c1-4-10-54(11-5-1)57-16-22-60(23-17-57)63-28-30-66(31-29-63)69-40-42-72(43-41-69)75-52-76(73-48-44-70(45-49-73)67-36-32-64(33-37-67)61-24-18-58(19-25-61)55-12-6-2-7-13-55)78-77(53-75)74-50-46-71(47-51-74)68-38-34-65(35-39-68)62-26-20-59(21-27-62)56-14-8-3-9-15-56/h1-45,48-49,52-53,71,74H,46-47,50-51H2. The molecular weight excluding hydrogens is 939 g/mol. The van der Waals surface area contributed by atoms with Crippen molar-refractivity contribution in [2.45, 2.75) is 37.5 Å². The second-order valence-corrected chi connectivity index (χ2v) is 21.0. The SMILES string of the molecule is c1ccc(-c2ccc(-c3ccc(-c4ccc(-c5cc(-c6ccc(-c7ccc(-c8ccc(-c9ccccc9)cc8)cc7)cc6)nc(C6CCC(c7ccc(-c8ccc(-c9ccccc9)cc8)cc7)CC6)c5)cc4)cc3)cc2)cc1. The van der Waals surface area contributed by atoms with E-state index in [1.807, 2.05) is 0 Å². The Morgan fingerprint density at radius 2 is 0.410 bits per heavy atom. The molecule has 0 aliphatic heterocycles.